The van der Waals surface area contributed by atoms with Crippen LogP contribution in [0.15, 0.2) is 22.8 Å². The molecule has 1 unspecified atom stereocenters. The molecule has 0 bridgehead atoms. The summed E-state index contributed by atoms with van der Waals surface area (Å²) >= 11 is 0. The number of likely N-dealkylation sites (tertiary alicyclic amines) is 1. The van der Waals surface area contributed by atoms with E-state index in [1.165, 1.54) is 6.26 Å². The van der Waals surface area contributed by atoms with Crippen molar-refractivity contribution < 1.29 is 28.3 Å². The number of carbonyl (C=O) groups is 3. The van der Waals surface area contributed by atoms with Crippen LogP contribution < -0.4 is 0 Å². The molecule has 0 saturated carbocycles. The molecule has 1 aromatic rings. The van der Waals surface area contributed by atoms with E-state index in [4.69, 9.17) is 13.9 Å². The maximum atomic E-state index is 12.4. The summed E-state index contributed by atoms with van der Waals surface area (Å²) in [7, 11) is 0. The lowest BCUT2D eigenvalue weighted by Crippen LogP contribution is -2.47. The van der Waals surface area contributed by atoms with Crippen LogP contribution in [0.25, 0.3) is 0 Å². The number of piperidine rings is 1. The van der Waals surface area contributed by atoms with Gasteiger partial charge in [0.1, 0.15) is 0 Å². The van der Waals surface area contributed by atoms with Crippen molar-refractivity contribution in [1.29, 1.82) is 0 Å². The lowest BCUT2D eigenvalue weighted by atomic mass is 9.97. The fraction of sp³-hybridized carbons (Fsp3) is 0.611. The second-order valence-electron chi connectivity index (χ2n) is 6.56. The van der Waals surface area contributed by atoms with Crippen LogP contribution in [-0.2, 0) is 19.1 Å². The Morgan fingerprint density at radius 1 is 1.12 bits per heavy atom. The highest BCUT2D eigenvalue weighted by molar-refractivity contribution is 5.91. The maximum absolute atomic E-state index is 12.4. The highest BCUT2D eigenvalue weighted by Crippen LogP contribution is 2.21. The quantitative estimate of drug-likeness (QED) is 0.738. The summed E-state index contributed by atoms with van der Waals surface area (Å²) in [6, 6.07) is 3.30. The molecular weight excluding hydrogens is 340 g/mol. The molecule has 2 amide bonds. The topological polar surface area (TPSA) is 89.3 Å². The predicted octanol–water partition coefficient (Wildman–Crippen LogP) is 0.922. The van der Waals surface area contributed by atoms with Crippen molar-refractivity contribution in [2.75, 3.05) is 39.4 Å². The average Bonchev–Trinajstić information content (AvgIpc) is 3.22. The molecule has 0 N–H and O–H groups in total. The van der Waals surface area contributed by atoms with Gasteiger partial charge in [-0.05, 0) is 31.9 Å². The summed E-state index contributed by atoms with van der Waals surface area (Å²) in [5.41, 5.74) is 0. The molecule has 8 heteroatoms. The number of ether oxygens (including phenoxy) is 2. The Morgan fingerprint density at radius 3 is 2.42 bits per heavy atom. The smallest absolute Gasteiger partial charge is 0.309 e. The summed E-state index contributed by atoms with van der Waals surface area (Å²) in [4.78, 5) is 40.2. The van der Waals surface area contributed by atoms with Gasteiger partial charge in [0, 0.05) is 26.2 Å². The van der Waals surface area contributed by atoms with Gasteiger partial charge in [-0.25, -0.2) is 0 Å². The number of nitrogens with zero attached hydrogens (tertiary/aromatic N) is 2. The lowest BCUT2D eigenvalue weighted by molar-refractivity contribution is -0.165. The number of furan rings is 1. The second kappa shape index (κ2) is 8.35. The van der Waals surface area contributed by atoms with Gasteiger partial charge in [0.05, 0.1) is 25.4 Å². The highest BCUT2D eigenvalue weighted by Gasteiger charge is 2.32. The van der Waals surface area contributed by atoms with Crippen LogP contribution in [0.1, 0.15) is 30.3 Å². The van der Waals surface area contributed by atoms with E-state index in [-0.39, 0.29) is 23.7 Å². The van der Waals surface area contributed by atoms with Gasteiger partial charge in [-0.2, -0.15) is 0 Å². The van der Waals surface area contributed by atoms with Gasteiger partial charge < -0.3 is 23.7 Å². The maximum Gasteiger partial charge on any atom is 0.309 e. The largest absolute Gasteiger partial charge is 0.459 e. The van der Waals surface area contributed by atoms with Crippen LogP contribution in [0.4, 0.5) is 0 Å². The van der Waals surface area contributed by atoms with E-state index in [0.29, 0.717) is 58.0 Å². The molecule has 2 fully saturated rings. The number of amides is 2. The first-order valence-electron chi connectivity index (χ1n) is 8.96. The standard InChI is InChI=1S/C18H24N2O6/c1-13(16(21)20-8-11-24-12-9-20)26-18(23)14-4-6-19(7-5-14)17(22)15-3-2-10-25-15/h2-3,10,13-14H,4-9,11-12H2,1H3. The third-order valence-corrected chi connectivity index (χ3v) is 4.81. The number of carbonyl (C=O) groups excluding carboxylic acids is 3. The molecule has 1 aromatic heterocycles. The number of morpholine rings is 1. The van der Waals surface area contributed by atoms with Crippen molar-refractivity contribution in [3.63, 3.8) is 0 Å². The molecule has 1 atom stereocenters. The molecule has 8 nitrogen and oxygen atoms in total. The SMILES string of the molecule is CC(OC(=O)C1CCN(C(=O)c2ccco2)CC1)C(=O)N1CCOCC1. The Morgan fingerprint density at radius 2 is 1.81 bits per heavy atom. The van der Waals surface area contributed by atoms with Crippen molar-refractivity contribution in [2.45, 2.75) is 25.9 Å². The molecule has 142 valence electrons. The first-order chi connectivity index (χ1) is 12.6. The third-order valence-electron chi connectivity index (χ3n) is 4.81. The Labute approximate surface area is 152 Å². The fourth-order valence-electron chi connectivity index (χ4n) is 3.24. The zero-order valence-corrected chi connectivity index (χ0v) is 14.9. The van der Waals surface area contributed by atoms with E-state index in [9.17, 15) is 14.4 Å². The Balaban J connectivity index is 1.46. The van der Waals surface area contributed by atoms with Crippen molar-refractivity contribution in [2.24, 2.45) is 5.92 Å². The minimum absolute atomic E-state index is 0.169. The Kier molecular flexibility index (Phi) is 5.92. The monoisotopic (exact) mass is 364 g/mol. The molecule has 2 aliphatic heterocycles. The summed E-state index contributed by atoms with van der Waals surface area (Å²) in [5, 5.41) is 0. The van der Waals surface area contributed by atoms with Crippen molar-refractivity contribution in [3.05, 3.63) is 24.2 Å². The third kappa shape index (κ3) is 4.24. The van der Waals surface area contributed by atoms with E-state index in [2.05, 4.69) is 0 Å². The van der Waals surface area contributed by atoms with Crippen molar-refractivity contribution in [1.82, 2.24) is 9.80 Å². The van der Waals surface area contributed by atoms with Crippen LogP contribution in [-0.4, -0.2) is 73.1 Å². The van der Waals surface area contributed by atoms with E-state index >= 15 is 0 Å². The Bertz CT molecular complexity index is 630. The van der Waals surface area contributed by atoms with Crippen molar-refractivity contribution in [3.8, 4) is 0 Å². The van der Waals surface area contributed by atoms with Crippen molar-refractivity contribution >= 4 is 17.8 Å². The molecule has 0 spiro atoms. The van der Waals surface area contributed by atoms with Gasteiger partial charge in [0.2, 0.25) is 0 Å². The predicted molar refractivity (Wildman–Crippen MR) is 90.3 cm³/mol. The molecule has 0 aliphatic carbocycles. The summed E-state index contributed by atoms with van der Waals surface area (Å²) < 4.78 is 15.7. The van der Waals surface area contributed by atoms with Gasteiger partial charge in [-0.15, -0.1) is 0 Å². The summed E-state index contributed by atoms with van der Waals surface area (Å²) in [6.07, 6.45) is 1.70. The van der Waals surface area contributed by atoms with Crippen LogP contribution >= 0.6 is 0 Å². The van der Waals surface area contributed by atoms with E-state index in [0.717, 1.165) is 0 Å². The second-order valence-corrected chi connectivity index (χ2v) is 6.56. The first-order valence-corrected chi connectivity index (χ1v) is 8.96. The number of esters is 1. The highest BCUT2D eigenvalue weighted by atomic mass is 16.5. The molecule has 2 saturated heterocycles. The van der Waals surface area contributed by atoms with Crippen LogP contribution in [0, 0.1) is 5.92 Å². The first kappa shape index (κ1) is 18.4. The zero-order chi connectivity index (χ0) is 18.5. The van der Waals surface area contributed by atoms with Crippen LogP contribution in [0.5, 0.6) is 0 Å². The fourth-order valence-corrected chi connectivity index (χ4v) is 3.24. The summed E-state index contributed by atoms with van der Waals surface area (Å²) in [6.45, 7) is 4.59. The minimum atomic E-state index is -0.802. The van der Waals surface area contributed by atoms with Crippen LogP contribution in [0.3, 0.4) is 0 Å². The van der Waals surface area contributed by atoms with E-state index in [1.807, 2.05) is 0 Å². The molecule has 2 aliphatic rings. The van der Waals surface area contributed by atoms with Crippen LogP contribution in [0.2, 0.25) is 0 Å². The average molecular weight is 364 g/mol. The van der Waals surface area contributed by atoms with Gasteiger partial charge in [0.15, 0.2) is 11.9 Å². The molecule has 3 rings (SSSR count). The van der Waals surface area contributed by atoms with Gasteiger partial charge in [-0.1, -0.05) is 0 Å². The normalized spacial score (nSPS) is 19.9. The molecular formula is C18H24N2O6. The van der Waals surface area contributed by atoms with Gasteiger partial charge in [0.25, 0.3) is 11.8 Å². The van der Waals surface area contributed by atoms with E-state index in [1.54, 1.807) is 28.9 Å². The number of hydrogen-bond acceptors (Lipinski definition) is 6. The van der Waals surface area contributed by atoms with E-state index < -0.39 is 6.10 Å². The Hall–Kier alpha value is -2.35. The lowest BCUT2D eigenvalue weighted by Gasteiger charge is -2.32. The number of rotatable bonds is 4. The molecule has 0 radical (unpaired) electrons. The summed E-state index contributed by atoms with van der Waals surface area (Å²) in [5.74, 6) is -0.722. The molecule has 26 heavy (non-hydrogen) atoms. The number of hydrogen-bond donors (Lipinski definition) is 0. The van der Waals surface area contributed by atoms with Gasteiger partial charge in [-0.3, -0.25) is 14.4 Å². The molecule has 0 aromatic carbocycles. The zero-order valence-electron chi connectivity index (χ0n) is 14.9. The molecule has 3 heterocycles. The minimum Gasteiger partial charge on any atom is -0.459 e. The van der Waals surface area contributed by atoms with Gasteiger partial charge >= 0.3 is 5.97 Å².